The molecule has 1 atom stereocenters. The molecule has 1 nitrogen and oxygen atoms in total. The molecule has 0 aliphatic heterocycles. The third-order valence-electron chi connectivity index (χ3n) is 0.546. The summed E-state index contributed by atoms with van der Waals surface area (Å²) in [6.07, 6.45) is -10.8. The lowest BCUT2D eigenvalue weighted by Crippen LogP contribution is -2.40. The van der Waals surface area contributed by atoms with Crippen molar-refractivity contribution < 1.29 is 26.3 Å². The molecule has 62 valence electrons. The van der Waals surface area contributed by atoms with E-state index < -0.39 is 17.3 Å². The van der Waals surface area contributed by atoms with Crippen molar-refractivity contribution in [3.63, 3.8) is 0 Å². The SMILES string of the molecule is FC(F)(F)N(P)C(F)(F)F. The summed E-state index contributed by atoms with van der Waals surface area (Å²) in [5, 5.41) is 0. The van der Waals surface area contributed by atoms with Crippen molar-refractivity contribution in [2.24, 2.45) is 0 Å². The quantitative estimate of drug-likeness (QED) is 0.317. The molecule has 0 rings (SSSR count). The van der Waals surface area contributed by atoms with Gasteiger partial charge in [0.2, 0.25) is 0 Å². The van der Waals surface area contributed by atoms with Crippen LogP contribution in [0.25, 0.3) is 0 Å². The summed E-state index contributed by atoms with van der Waals surface area (Å²) in [6.45, 7) is 0. The van der Waals surface area contributed by atoms with Gasteiger partial charge in [0.25, 0.3) is 0 Å². The second-order valence-electron chi connectivity index (χ2n) is 1.31. The number of hydrogen-bond acceptors (Lipinski definition) is 1. The topological polar surface area (TPSA) is 3.24 Å². The largest absolute Gasteiger partial charge is 0.470 e. The van der Waals surface area contributed by atoms with Crippen LogP contribution in [0.1, 0.15) is 0 Å². The smallest absolute Gasteiger partial charge is 0.155 e. The third kappa shape index (κ3) is 2.70. The molecule has 0 saturated carbocycles. The second kappa shape index (κ2) is 2.54. The number of halogens is 6. The molecule has 0 aromatic rings. The molecule has 0 aromatic carbocycles. The van der Waals surface area contributed by atoms with Crippen molar-refractivity contribution in [1.82, 2.24) is 4.67 Å². The number of rotatable bonds is 0. The predicted octanol–water partition coefficient (Wildman–Crippen LogP) is 2.12. The Bertz CT molecular complexity index is 99.9. The van der Waals surface area contributed by atoms with Gasteiger partial charge in [-0.25, -0.2) is 0 Å². The molecule has 0 fully saturated rings. The number of hydrogen-bond donors (Lipinski definition) is 0. The van der Waals surface area contributed by atoms with E-state index in [0.29, 0.717) is 9.39 Å². The van der Waals surface area contributed by atoms with Crippen molar-refractivity contribution >= 4 is 9.39 Å². The van der Waals surface area contributed by atoms with E-state index in [0.717, 1.165) is 0 Å². The molecule has 0 spiro atoms. The van der Waals surface area contributed by atoms with Crippen LogP contribution < -0.4 is 0 Å². The van der Waals surface area contributed by atoms with E-state index in [1.54, 1.807) is 0 Å². The molecule has 0 radical (unpaired) electrons. The van der Waals surface area contributed by atoms with Crippen LogP contribution in [0.15, 0.2) is 0 Å². The second-order valence-corrected chi connectivity index (χ2v) is 1.82. The van der Waals surface area contributed by atoms with Gasteiger partial charge >= 0.3 is 12.6 Å². The van der Waals surface area contributed by atoms with Crippen molar-refractivity contribution in [3.8, 4) is 0 Å². The molecule has 0 amide bonds. The van der Waals surface area contributed by atoms with Gasteiger partial charge in [0.15, 0.2) is 0 Å². The van der Waals surface area contributed by atoms with E-state index in [9.17, 15) is 26.3 Å². The Hall–Kier alpha value is -0.0300. The van der Waals surface area contributed by atoms with Gasteiger partial charge in [0.05, 0.1) is 0 Å². The van der Waals surface area contributed by atoms with E-state index in [2.05, 4.69) is 0 Å². The highest BCUT2D eigenvalue weighted by molar-refractivity contribution is 7.13. The minimum Gasteiger partial charge on any atom is -0.155 e. The maximum atomic E-state index is 11.1. The minimum absolute atomic E-state index is 0.532. The summed E-state index contributed by atoms with van der Waals surface area (Å²) >= 11 is 0. The van der Waals surface area contributed by atoms with Crippen molar-refractivity contribution in [2.75, 3.05) is 0 Å². The van der Waals surface area contributed by atoms with E-state index in [4.69, 9.17) is 0 Å². The molecule has 8 heteroatoms. The fourth-order valence-corrected chi connectivity index (χ4v) is 0.144. The predicted molar refractivity (Wildman–Crippen MR) is 23.7 cm³/mol. The summed E-state index contributed by atoms with van der Waals surface area (Å²) in [6, 6.07) is 0. The third-order valence-corrected chi connectivity index (χ3v) is 1.13. The normalized spacial score (nSPS) is 14.4. The summed E-state index contributed by atoms with van der Waals surface area (Å²) < 4.78 is 65.1. The Morgan fingerprint density at radius 2 is 1.00 bits per heavy atom. The molecule has 0 aliphatic rings. The molecular formula is C2H2F6NP. The number of alkyl halides is 6. The fraction of sp³-hybridized carbons (Fsp3) is 1.00. The molecule has 1 unspecified atom stereocenters. The molecular weight excluding hydrogens is 183 g/mol. The van der Waals surface area contributed by atoms with Crippen LogP contribution in [0.4, 0.5) is 26.3 Å². The molecule has 10 heavy (non-hydrogen) atoms. The van der Waals surface area contributed by atoms with Gasteiger partial charge < -0.3 is 0 Å². The lowest BCUT2D eigenvalue weighted by molar-refractivity contribution is -0.331. The Morgan fingerprint density at radius 3 is 1.00 bits per heavy atom. The Morgan fingerprint density at radius 1 is 0.800 bits per heavy atom. The standard InChI is InChI=1S/C2H2F6NP/c3-1(4,5)9(10)2(6,7)8/h10H2. The van der Waals surface area contributed by atoms with Crippen LogP contribution in [0, 0.1) is 0 Å². The number of nitrogens with zero attached hydrogens (tertiary/aromatic N) is 1. The van der Waals surface area contributed by atoms with E-state index >= 15 is 0 Å². The molecule has 0 aromatic heterocycles. The average molecular weight is 185 g/mol. The Kier molecular flexibility index (Phi) is 2.53. The molecule has 0 N–H and O–H groups in total. The van der Waals surface area contributed by atoms with Crippen LogP contribution in [0.5, 0.6) is 0 Å². The van der Waals surface area contributed by atoms with Crippen LogP contribution in [-0.4, -0.2) is 17.3 Å². The maximum Gasteiger partial charge on any atom is 0.470 e. The monoisotopic (exact) mass is 185 g/mol. The van der Waals surface area contributed by atoms with Crippen molar-refractivity contribution in [3.05, 3.63) is 0 Å². The summed E-state index contributed by atoms with van der Waals surface area (Å²) in [7, 11) is 0.532. The van der Waals surface area contributed by atoms with Crippen LogP contribution in [-0.2, 0) is 0 Å². The lowest BCUT2D eigenvalue weighted by Gasteiger charge is -2.21. The summed E-state index contributed by atoms with van der Waals surface area (Å²) in [5.41, 5.74) is 0. The zero-order valence-electron chi connectivity index (χ0n) is 4.29. The first-order valence-corrected chi connectivity index (χ1v) is 2.36. The summed E-state index contributed by atoms with van der Waals surface area (Å²) in [4.78, 5) is 0. The van der Waals surface area contributed by atoms with Crippen molar-refractivity contribution in [2.45, 2.75) is 12.6 Å². The van der Waals surface area contributed by atoms with E-state index in [1.165, 1.54) is 0 Å². The van der Waals surface area contributed by atoms with Gasteiger partial charge in [0, 0.05) is 0 Å². The van der Waals surface area contributed by atoms with Crippen LogP contribution in [0.2, 0.25) is 0 Å². The van der Waals surface area contributed by atoms with Crippen LogP contribution >= 0.6 is 9.39 Å². The lowest BCUT2D eigenvalue weighted by atomic mass is 11.0. The molecule has 0 bridgehead atoms. The van der Waals surface area contributed by atoms with Gasteiger partial charge in [-0.3, -0.25) is 0 Å². The van der Waals surface area contributed by atoms with Gasteiger partial charge in [-0.1, -0.05) is 0 Å². The first-order chi connectivity index (χ1) is 4.15. The fourth-order valence-electron chi connectivity index (χ4n) is 0.144. The highest BCUT2D eigenvalue weighted by atomic mass is 31.0. The zero-order chi connectivity index (χ0) is 8.58. The average Bonchev–Trinajstić information content (AvgIpc) is 1.59. The van der Waals surface area contributed by atoms with Gasteiger partial charge in [-0.2, -0.15) is 26.3 Å². The molecule has 0 aliphatic carbocycles. The first kappa shape index (κ1) is 9.97. The van der Waals surface area contributed by atoms with Gasteiger partial charge in [-0.15, -0.1) is 4.67 Å². The van der Waals surface area contributed by atoms with Gasteiger partial charge in [-0.05, 0) is 9.39 Å². The van der Waals surface area contributed by atoms with E-state index in [-0.39, 0.29) is 0 Å². The Balaban J connectivity index is 4.23. The van der Waals surface area contributed by atoms with E-state index in [1.807, 2.05) is 0 Å². The Labute approximate surface area is 54.2 Å². The van der Waals surface area contributed by atoms with Gasteiger partial charge in [0.1, 0.15) is 0 Å². The minimum atomic E-state index is -5.39. The van der Waals surface area contributed by atoms with Crippen LogP contribution in [0.3, 0.4) is 0 Å². The first-order valence-electron chi connectivity index (χ1n) is 1.84. The highest BCUT2D eigenvalue weighted by Crippen LogP contribution is 2.36. The highest BCUT2D eigenvalue weighted by Gasteiger charge is 2.51. The van der Waals surface area contributed by atoms with Crippen molar-refractivity contribution in [1.29, 1.82) is 0 Å². The molecule has 0 saturated heterocycles. The maximum absolute atomic E-state index is 11.1. The summed E-state index contributed by atoms with van der Waals surface area (Å²) in [5.74, 6) is 0. The zero-order valence-corrected chi connectivity index (χ0v) is 5.45. The molecule has 0 heterocycles.